The maximum atomic E-state index is 14.8. The Labute approximate surface area is 268 Å². The van der Waals surface area contributed by atoms with Crippen LogP contribution in [0.25, 0.3) is 10.8 Å². The van der Waals surface area contributed by atoms with E-state index in [-0.39, 0.29) is 30.9 Å². The summed E-state index contributed by atoms with van der Waals surface area (Å²) in [5.41, 5.74) is -1.04. The third-order valence-electron chi connectivity index (χ3n) is 9.87. The maximum Gasteiger partial charge on any atom is 0.253 e. The van der Waals surface area contributed by atoms with Crippen LogP contribution in [0.4, 0.5) is 11.4 Å². The fourth-order valence-electron chi connectivity index (χ4n) is 7.85. The first-order valence-electron chi connectivity index (χ1n) is 16.1. The molecule has 1 unspecified atom stereocenters. The molecule has 5 atom stereocenters. The maximum absolute atomic E-state index is 14.8. The lowest BCUT2D eigenvalue weighted by Crippen LogP contribution is -2.56. The van der Waals surface area contributed by atoms with E-state index < -0.39 is 29.1 Å². The van der Waals surface area contributed by atoms with Crippen LogP contribution in [-0.4, -0.2) is 77.8 Å². The third kappa shape index (κ3) is 4.72. The molecule has 2 fully saturated rings. The second-order valence-electron chi connectivity index (χ2n) is 12.6. The topological polar surface area (TPSA) is 99.6 Å². The summed E-state index contributed by atoms with van der Waals surface area (Å²) in [6.45, 7) is 5.18. The van der Waals surface area contributed by atoms with Gasteiger partial charge in [0, 0.05) is 37.6 Å². The van der Waals surface area contributed by atoms with Crippen molar-refractivity contribution < 1.29 is 29.0 Å². The van der Waals surface area contributed by atoms with E-state index in [0.29, 0.717) is 44.0 Å². The normalized spacial score (nSPS) is 28.7. The van der Waals surface area contributed by atoms with Crippen LogP contribution in [0.1, 0.15) is 26.7 Å². The average Bonchev–Trinajstić information content (AvgIpc) is 3.32. The van der Waals surface area contributed by atoms with Crippen LogP contribution < -0.4 is 14.5 Å². The first-order chi connectivity index (χ1) is 22.3. The van der Waals surface area contributed by atoms with Crippen molar-refractivity contribution in [1.29, 1.82) is 0 Å². The van der Waals surface area contributed by atoms with Gasteiger partial charge in [0.1, 0.15) is 17.4 Å². The van der Waals surface area contributed by atoms with Crippen LogP contribution >= 0.6 is 0 Å². The van der Waals surface area contributed by atoms with Crippen molar-refractivity contribution in [3.05, 3.63) is 91.0 Å². The smallest absolute Gasteiger partial charge is 0.253 e. The van der Waals surface area contributed by atoms with Crippen molar-refractivity contribution in [1.82, 2.24) is 4.90 Å². The predicted molar refractivity (Wildman–Crippen MR) is 176 cm³/mol. The number of fused-ring (bicyclic) bond motifs is 3. The van der Waals surface area contributed by atoms with Crippen molar-refractivity contribution >= 4 is 39.9 Å². The molecule has 2 saturated heterocycles. The molecule has 0 bridgehead atoms. The van der Waals surface area contributed by atoms with Crippen LogP contribution in [0.15, 0.2) is 91.0 Å². The Morgan fingerprint density at radius 2 is 1.52 bits per heavy atom. The van der Waals surface area contributed by atoms with Gasteiger partial charge < -0.3 is 29.3 Å². The molecular weight excluding hydrogens is 582 g/mol. The van der Waals surface area contributed by atoms with E-state index in [9.17, 15) is 19.5 Å². The van der Waals surface area contributed by atoms with E-state index in [1.807, 2.05) is 105 Å². The summed E-state index contributed by atoms with van der Waals surface area (Å²) in [7, 11) is 0. The van der Waals surface area contributed by atoms with E-state index in [1.54, 1.807) is 14.7 Å². The molecule has 1 N–H and O–H groups in total. The number of amides is 3. The van der Waals surface area contributed by atoms with Crippen molar-refractivity contribution in [3.8, 4) is 5.75 Å². The van der Waals surface area contributed by atoms with Crippen LogP contribution in [0.5, 0.6) is 5.75 Å². The Morgan fingerprint density at radius 3 is 2.26 bits per heavy atom. The molecular formula is C37H39N3O6. The molecule has 0 aromatic heterocycles. The molecule has 9 nitrogen and oxygen atoms in total. The molecule has 1 spiro atoms. The summed E-state index contributed by atoms with van der Waals surface area (Å²) in [4.78, 5) is 49.0. The monoisotopic (exact) mass is 621 g/mol. The van der Waals surface area contributed by atoms with Crippen molar-refractivity contribution in [3.63, 3.8) is 0 Å². The fourth-order valence-corrected chi connectivity index (χ4v) is 7.85. The number of likely N-dealkylation sites (tertiary alicyclic amines) is 1. The number of aliphatic hydroxyl groups is 1. The van der Waals surface area contributed by atoms with Gasteiger partial charge in [0.2, 0.25) is 11.8 Å². The van der Waals surface area contributed by atoms with E-state index in [4.69, 9.17) is 9.47 Å². The zero-order valence-corrected chi connectivity index (χ0v) is 26.2. The number of hydrogen-bond donors (Lipinski definition) is 1. The average molecular weight is 622 g/mol. The van der Waals surface area contributed by atoms with Gasteiger partial charge in [-0.25, -0.2) is 0 Å². The molecule has 3 aromatic carbocycles. The third-order valence-corrected chi connectivity index (χ3v) is 9.87. The van der Waals surface area contributed by atoms with Crippen molar-refractivity contribution in [2.24, 2.45) is 11.8 Å². The van der Waals surface area contributed by atoms with Gasteiger partial charge >= 0.3 is 0 Å². The summed E-state index contributed by atoms with van der Waals surface area (Å²) in [5, 5.41) is 11.6. The number of rotatable bonds is 8. The second-order valence-corrected chi connectivity index (χ2v) is 12.6. The Kier molecular flexibility index (Phi) is 7.69. The van der Waals surface area contributed by atoms with Gasteiger partial charge in [-0.05, 0) is 73.9 Å². The fraction of sp³-hybridized carbons (Fsp3) is 0.378. The first kappa shape index (κ1) is 30.2. The van der Waals surface area contributed by atoms with Crippen LogP contribution in [0, 0.1) is 11.8 Å². The quantitative estimate of drug-likeness (QED) is 0.294. The molecule has 0 radical (unpaired) electrons. The van der Waals surface area contributed by atoms with Gasteiger partial charge in [0.15, 0.2) is 0 Å². The Hall–Kier alpha value is -4.47. The van der Waals surface area contributed by atoms with Crippen LogP contribution in [0.2, 0.25) is 0 Å². The highest BCUT2D eigenvalue weighted by molar-refractivity contribution is 6.08. The summed E-state index contributed by atoms with van der Waals surface area (Å²) in [6, 6.07) is 20.3. The lowest BCUT2D eigenvalue weighted by atomic mass is 9.74. The summed E-state index contributed by atoms with van der Waals surface area (Å²) in [5.74, 6) is -1.80. The van der Waals surface area contributed by atoms with Gasteiger partial charge in [0.25, 0.3) is 5.91 Å². The summed E-state index contributed by atoms with van der Waals surface area (Å²) in [6.07, 6.45) is 8.57. The molecule has 7 rings (SSSR count). The number of ether oxygens (including phenoxy) is 2. The number of nitrogens with zero attached hydrogens (tertiary/aromatic N) is 3. The van der Waals surface area contributed by atoms with E-state index in [0.717, 1.165) is 16.5 Å². The molecule has 4 heterocycles. The van der Waals surface area contributed by atoms with Gasteiger partial charge in [-0.3, -0.25) is 14.4 Å². The number of benzene rings is 3. The highest BCUT2D eigenvalue weighted by Gasteiger charge is 2.74. The lowest BCUT2D eigenvalue weighted by Gasteiger charge is -2.37. The minimum absolute atomic E-state index is 0.0180. The molecule has 9 heteroatoms. The zero-order chi connectivity index (χ0) is 32.1. The van der Waals surface area contributed by atoms with Crippen molar-refractivity contribution in [2.75, 3.05) is 42.6 Å². The molecule has 3 aromatic rings. The minimum atomic E-state index is -1.35. The molecule has 4 aliphatic heterocycles. The van der Waals surface area contributed by atoms with Gasteiger partial charge in [-0.15, -0.1) is 0 Å². The molecule has 0 aliphatic carbocycles. The number of unbranched alkanes of at least 4 members (excludes halogenated alkanes) is 1. The largest absolute Gasteiger partial charge is 0.494 e. The Balaban J connectivity index is 1.29. The lowest BCUT2D eigenvalue weighted by molar-refractivity contribution is -0.144. The minimum Gasteiger partial charge on any atom is -0.494 e. The molecule has 4 aliphatic rings. The zero-order valence-electron chi connectivity index (χ0n) is 26.2. The second kappa shape index (κ2) is 11.7. The SMILES string of the molecule is CCOc1ccc(N2CC=C[C@]3(C)O[C@]45C=CCN(c6ccc7ccccc7c6)C(=O)C4N(CCCCO)C(=O)[C@@H]5[C@@H]3C2=O)cc1. The van der Waals surface area contributed by atoms with Gasteiger partial charge in [-0.1, -0.05) is 54.6 Å². The number of hydrogen-bond acceptors (Lipinski definition) is 6. The number of carbonyl (C=O) groups excluding carboxylic acids is 3. The first-order valence-corrected chi connectivity index (χ1v) is 16.1. The van der Waals surface area contributed by atoms with Crippen LogP contribution in [0.3, 0.4) is 0 Å². The van der Waals surface area contributed by atoms with Crippen molar-refractivity contribution in [2.45, 2.75) is 43.9 Å². The summed E-state index contributed by atoms with van der Waals surface area (Å²) >= 11 is 0. The van der Waals surface area contributed by atoms with E-state index >= 15 is 0 Å². The summed E-state index contributed by atoms with van der Waals surface area (Å²) < 4.78 is 12.6. The van der Waals surface area contributed by atoms with Crippen LogP contribution in [-0.2, 0) is 19.1 Å². The van der Waals surface area contributed by atoms with Gasteiger partial charge in [0.05, 0.1) is 24.0 Å². The van der Waals surface area contributed by atoms with E-state index in [2.05, 4.69) is 0 Å². The molecule has 3 amide bonds. The molecule has 0 saturated carbocycles. The Morgan fingerprint density at radius 1 is 0.826 bits per heavy atom. The molecule has 46 heavy (non-hydrogen) atoms. The molecule has 238 valence electrons. The standard InChI is InChI=1S/C37H39N3O6/c1-3-45-29-16-14-27(15-17-29)38-21-8-18-36(2)30(33(38)42)31-34(43)40(20-6-7-23-41)32-35(44)39(22-9-19-37(31,32)46-36)28-13-12-25-10-4-5-11-26(25)24-28/h4-5,8-19,24,30-32,41H,3,6-7,20-23H2,1-2H3/t30-,31+,32?,36+,37+/m1/s1. The number of aliphatic hydroxyl groups excluding tert-OH is 1. The Bertz CT molecular complexity index is 1740. The number of anilines is 2. The predicted octanol–water partition coefficient (Wildman–Crippen LogP) is 4.49. The highest BCUT2D eigenvalue weighted by atomic mass is 16.5. The number of carbonyl (C=O) groups is 3. The highest BCUT2D eigenvalue weighted by Crippen LogP contribution is 2.57. The van der Waals surface area contributed by atoms with Gasteiger partial charge in [-0.2, -0.15) is 0 Å². The van der Waals surface area contributed by atoms with E-state index in [1.165, 1.54) is 0 Å².